The number of nitrogens with one attached hydrogen (secondary N) is 6. The molecule has 0 spiro atoms. The average Bonchev–Trinajstić information content (AvgIpc) is 3.07. The fourth-order valence-electron chi connectivity index (χ4n) is 5.38. The Morgan fingerprint density at radius 2 is 1.41 bits per heavy atom. The molecule has 0 aliphatic rings. The van der Waals surface area contributed by atoms with E-state index in [9.17, 15) is 43.8 Å². The molecule has 16 heteroatoms. The molecule has 2 aromatic rings. The second-order valence-corrected chi connectivity index (χ2v) is 12.4. The van der Waals surface area contributed by atoms with Crippen LogP contribution >= 0.6 is 0 Å². The number of nitrogens with zero attached hydrogens (tertiary/aromatic N) is 1. The Morgan fingerprint density at radius 3 is 1.96 bits per heavy atom. The van der Waals surface area contributed by atoms with Gasteiger partial charge in [0.2, 0.25) is 34.5 Å². The number of amides is 4. The van der Waals surface area contributed by atoms with Gasteiger partial charge < -0.3 is 46.3 Å². The highest BCUT2D eigenvalue weighted by Gasteiger charge is 2.33. The van der Waals surface area contributed by atoms with Crippen molar-refractivity contribution in [2.75, 3.05) is 6.54 Å². The zero-order valence-electron chi connectivity index (χ0n) is 30.0. The molecule has 4 amide bonds. The quantitative estimate of drug-likeness (QED) is 0.0758. The van der Waals surface area contributed by atoms with Gasteiger partial charge >= 0.3 is 0 Å². The lowest BCUT2D eigenvalue weighted by atomic mass is 9.83. The van der Waals surface area contributed by atoms with Crippen molar-refractivity contribution in [3.63, 3.8) is 0 Å². The molecule has 2 aromatic heterocycles. The van der Waals surface area contributed by atoms with E-state index in [1.54, 1.807) is 45.4 Å². The molecule has 2 rings (SSSR count). The van der Waals surface area contributed by atoms with E-state index in [-0.39, 0.29) is 75.5 Å². The molecule has 0 aliphatic heterocycles. The number of aromatic nitrogens is 2. The second-order valence-electron chi connectivity index (χ2n) is 12.4. The summed E-state index contributed by atoms with van der Waals surface area (Å²) in [6, 6.07) is 2.50. The molecular formula is C35H49N7O9. The summed E-state index contributed by atoms with van der Waals surface area (Å²) in [5, 5.41) is 34.4. The van der Waals surface area contributed by atoms with Crippen molar-refractivity contribution in [3.8, 4) is 11.5 Å². The number of aldehydes is 1. The Balaban J connectivity index is 2.22. The van der Waals surface area contributed by atoms with E-state index in [0.717, 1.165) is 0 Å². The number of aromatic amines is 1. The molecule has 51 heavy (non-hydrogen) atoms. The van der Waals surface area contributed by atoms with E-state index in [1.807, 2.05) is 0 Å². The summed E-state index contributed by atoms with van der Waals surface area (Å²) in [4.78, 5) is 89.2. The maximum absolute atomic E-state index is 13.1. The summed E-state index contributed by atoms with van der Waals surface area (Å²) in [5.74, 6) is -2.76. The number of rotatable bonds is 19. The van der Waals surface area contributed by atoms with Crippen molar-refractivity contribution >= 4 is 29.9 Å². The molecule has 0 bridgehead atoms. The van der Waals surface area contributed by atoms with Crippen LogP contribution in [0.1, 0.15) is 82.1 Å². The third-order valence-corrected chi connectivity index (χ3v) is 8.34. The number of aromatic hydroxyl groups is 2. The summed E-state index contributed by atoms with van der Waals surface area (Å²) in [7, 11) is 1.64. The van der Waals surface area contributed by atoms with Gasteiger partial charge in [0, 0.05) is 73.7 Å². The number of hydrogen-bond acceptors (Lipinski definition) is 10. The molecule has 278 valence electrons. The van der Waals surface area contributed by atoms with Crippen LogP contribution in [-0.2, 0) is 44.1 Å². The third-order valence-electron chi connectivity index (χ3n) is 8.34. The molecule has 1 unspecified atom stereocenters. The minimum atomic E-state index is -1.19. The summed E-state index contributed by atoms with van der Waals surface area (Å²) >= 11 is 0. The highest BCUT2D eigenvalue weighted by atomic mass is 16.3. The maximum atomic E-state index is 13.1. The van der Waals surface area contributed by atoms with Crippen LogP contribution < -0.4 is 37.4 Å². The van der Waals surface area contributed by atoms with Gasteiger partial charge in [-0.15, -0.1) is 0 Å². The molecule has 0 aromatic carbocycles. The van der Waals surface area contributed by atoms with Gasteiger partial charge in [0.15, 0.2) is 11.5 Å². The lowest BCUT2D eigenvalue weighted by Crippen LogP contribution is -2.50. The summed E-state index contributed by atoms with van der Waals surface area (Å²) in [5.41, 5.74) is 0.259. The van der Waals surface area contributed by atoms with E-state index in [0.29, 0.717) is 29.1 Å². The fraction of sp³-hybridized carbons (Fsp3) is 0.457. The second kappa shape index (κ2) is 19.5. The van der Waals surface area contributed by atoms with E-state index < -0.39 is 45.6 Å². The minimum absolute atomic E-state index is 0.0276. The molecule has 0 saturated carbocycles. The molecule has 2 heterocycles. The van der Waals surface area contributed by atoms with Crippen LogP contribution in [0.5, 0.6) is 11.5 Å². The third kappa shape index (κ3) is 13.3. The molecule has 0 saturated heterocycles. The number of aryl methyl sites for hydroxylation is 2. The van der Waals surface area contributed by atoms with Crippen LogP contribution in [0, 0.1) is 13.8 Å². The first kappa shape index (κ1) is 41.5. The van der Waals surface area contributed by atoms with Gasteiger partial charge in [-0.25, -0.2) is 0 Å². The number of H-pyrrole nitrogens is 1. The predicted molar refractivity (Wildman–Crippen MR) is 189 cm³/mol. The number of pyridine rings is 2. The molecule has 0 aliphatic carbocycles. The van der Waals surface area contributed by atoms with Gasteiger partial charge in [-0.2, -0.15) is 0 Å². The molecular weight excluding hydrogens is 662 g/mol. The first-order valence-electron chi connectivity index (χ1n) is 16.4. The van der Waals surface area contributed by atoms with Crippen molar-refractivity contribution in [2.24, 2.45) is 7.05 Å². The van der Waals surface area contributed by atoms with Gasteiger partial charge in [0.25, 0.3) is 0 Å². The fourth-order valence-corrected chi connectivity index (χ4v) is 5.38. The molecule has 0 radical (unpaired) electrons. The normalized spacial score (nSPS) is 12.7. The Hall–Kier alpha value is -5.67. The summed E-state index contributed by atoms with van der Waals surface area (Å²) < 4.78 is 1.58. The van der Waals surface area contributed by atoms with Gasteiger partial charge in [-0.1, -0.05) is 6.08 Å². The lowest BCUT2D eigenvalue weighted by Gasteiger charge is -2.35. The van der Waals surface area contributed by atoms with Crippen molar-refractivity contribution in [2.45, 2.75) is 91.8 Å². The van der Waals surface area contributed by atoms with Gasteiger partial charge in [0.1, 0.15) is 6.29 Å². The van der Waals surface area contributed by atoms with Crippen LogP contribution in [0.15, 0.2) is 45.3 Å². The van der Waals surface area contributed by atoms with Crippen LogP contribution in [0.2, 0.25) is 0 Å². The topological polar surface area (TPSA) is 241 Å². The van der Waals surface area contributed by atoms with Crippen LogP contribution in [0.25, 0.3) is 0 Å². The van der Waals surface area contributed by atoms with Crippen LogP contribution in [-0.4, -0.2) is 61.8 Å². The van der Waals surface area contributed by atoms with E-state index >= 15 is 0 Å². The standard InChI is InChI=1S/C35H49N7O9/c1-7-25(39-21(2)11-15-43)18-36-30(47)8-12-35(41-24(5)44,13-9-31(48)37-19-26-33(50)28(45)16-22(3)40-26)14-10-32(49)38-20-27-34(51)29(46)17-23(4)42(27)6/h7,11,15-17,39,50-51H,8-10,12-14,18-20H2,1-6H3,(H,36,47)(H,37,48)(H,38,49)(H,40,45)(H,41,44)/b21-11-,25-7-. The minimum Gasteiger partial charge on any atom is -0.503 e. The SMILES string of the molecule is C/C=C(/CNC(=O)CCC(CCC(=O)NCc1[nH]c(C)cc(=O)c1O)(CCC(=O)NCc1c(O)c(=O)cc(C)n1C)NC(C)=O)N/C(C)=C\C=O. The highest BCUT2D eigenvalue weighted by molar-refractivity contribution is 5.79. The Kier molecular flexibility index (Phi) is 15.9. The zero-order valence-corrected chi connectivity index (χ0v) is 30.0. The largest absolute Gasteiger partial charge is 0.503 e. The van der Waals surface area contributed by atoms with E-state index in [2.05, 4.69) is 31.6 Å². The number of carbonyl (C=O) groups excluding carboxylic acids is 5. The Morgan fingerprint density at radius 1 is 0.863 bits per heavy atom. The van der Waals surface area contributed by atoms with E-state index in [4.69, 9.17) is 0 Å². The predicted octanol–water partition coefficient (Wildman–Crippen LogP) is 0.962. The van der Waals surface area contributed by atoms with Gasteiger partial charge in [-0.05, 0) is 53.0 Å². The lowest BCUT2D eigenvalue weighted by molar-refractivity contribution is -0.126. The zero-order chi connectivity index (χ0) is 38.3. The van der Waals surface area contributed by atoms with Gasteiger partial charge in [0.05, 0.1) is 31.0 Å². The molecule has 16 nitrogen and oxygen atoms in total. The van der Waals surface area contributed by atoms with Crippen molar-refractivity contribution in [3.05, 3.63) is 78.9 Å². The number of carbonyl (C=O) groups is 5. The van der Waals surface area contributed by atoms with E-state index in [1.165, 1.54) is 25.1 Å². The Labute approximate surface area is 295 Å². The number of allylic oxidation sites excluding steroid dienone is 3. The van der Waals surface area contributed by atoms with Gasteiger partial charge in [-0.3, -0.25) is 33.6 Å². The van der Waals surface area contributed by atoms with Crippen LogP contribution in [0.4, 0.5) is 0 Å². The highest BCUT2D eigenvalue weighted by Crippen LogP contribution is 2.26. The first-order chi connectivity index (χ1) is 24.0. The molecule has 0 fully saturated rings. The first-order valence-corrected chi connectivity index (χ1v) is 16.4. The average molecular weight is 712 g/mol. The summed E-state index contributed by atoms with van der Waals surface area (Å²) in [6.45, 7) is 7.87. The maximum Gasteiger partial charge on any atom is 0.223 e. The Bertz CT molecular complexity index is 1790. The van der Waals surface area contributed by atoms with Crippen LogP contribution in [0.3, 0.4) is 0 Å². The smallest absolute Gasteiger partial charge is 0.223 e. The summed E-state index contributed by atoms with van der Waals surface area (Å²) in [6.07, 6.45) is 3.46. The van der Waals surface area contributed by atoms with Crippen molar-refractivity contribution in [1.82, 2.24) is 36.1 Å². The van der Waals surface area contributed by atoms with Crippen molar-refractivity contribution in [1.29, 1.82) is 0 Å². The van der Waals surface area contributed by atoms with Crippen molar-refractivity contribution < 1.29 is 34.2 Å². The molecule has 8 N–H and O–H groups in total. The number of hydrogen-bond donors (Lipinski definition) is 8. The molecule has 1 atom stereocenters. The monoisotopic (exact) mass is 711 g/mol.